The molecule has 0 aliphatic carbocycles. The topological polar surface area (TPSA) is 102 Å². The summed E-state index contributed by atoms with van der Waals surface area (Å²) in [4.78, 5) is 39.6. The minimum atomic E-state index is -0.595. The zero-order valence-electron chi connectivity index (χ0n) is 19.9. The molecule has 7 nitrogen and oxygen atoms in total. The van der Waals surface area contributed by atoms with E-state index in [0.717, 1.165) is 35.2 Å². The van der Waals surface area contributed by atoms with Gasteiger partial charge in [-0.15, -0.1) is 0 Å². The van der Waals surface area contributed by atoms with Gasteiger partial charge in [0.15, 0.2) is 0 Å². The highest BCUT2D eigenvalue weighted by atomic mass is 16.5. The van der Waals surface area contributed by atoms with E-state index >= 15 is 0 Å². The molecule has 0 bridgehead atoms. The maximum Gasteiger partial charge on any atom is 0.243 e. The molecule has 3 atom stereocenters. The van der Waals surface area contributed by atoms with Gasteiger partial charge < -0.3 is 15.8 Å². The van der Waals surface area contributed by atoms with Gasteiger partial charge in [-0.1, -0.05) is 48.0 Å². The Labute approximate surface area is 200 Å². The number of rotatable bonds is 9. The third-order valence-electron chi connectivity index (χ3n) is 6.81. The number of carbonyl (C=O) groups excluding carboxylic acids is 3. The molecule has 4 rings (SSSR count). The first-order valence-corrected chi connectivity index (χ1v) is 12.0. The normalized spacial score (nSPS) is 18.7. The van der Waals surface area contributed by atoms with Crippen LogP contribution in [0.5, 0.6) is 0 Å². The quantitative estimate of drug-likeness (QED) is 0.597. The number of hydrogen-bond donors (Lipinski definition) is 2. The molecule has 0 spiro atoms. The van der Waals surface area contributed by atoms with Crippen molar-refractivity contribution in [2.45, 2.75) is 77.2 Å². The van der Waals surface area contributed by atoms with Crippen LogP contribution in [0.15, 0.2) is 42.5 Å². The number of hydrogen-bond acceptors (Lipinski definition) is 4. The predicted octanol–water partition coefficient (Wildman–Crippen LogP) is 2.94. The molecule has 0 saturated carbocycles. The molecule has 2 heterocycles. The van der Waals surface area contributed by atoms with Crippen molar-refractivity contribution in [2.24, 2.45) is 5.73 Å². The van der Waals surface area contributed by atoms with Crippen LogP contribution in [-0.2, 0) is 38.6 Å². The standard InChI is InChI=1S/C27H33N3O4/c1-17-9-11-19(12-10-17)16-34-18(2)22(13-14-24(28)31)29-27(33)23-15-21-7-3-5-20-6-4-8-25(32)30(23)26(20)21/h3,5,7,9-12,18,22-23H,4,6,8,13-16H2,1-2H3,(H2,28,31)(H,29,33)/t18-,22+,23+/m1/s1. The predicted molar refractivity (Wildman–Crippen MR) is 130 cm³/mol. The SMILES string of the molecule is Cc1ccc(CO[C@H](C)[C@H](CCC(N)=O)NC(=O)[C@@H]2Cc3cccc4c3N2C(=O)CCC4)cc1. The van der Waals surface area contributed by atoms with Crippen LogP contribution >= 0.6 is 0 Å². The molecule has 2 aromatic rings. The number of nitrogens with two attached hydrogens (primary N) is 1. The first-order chi connectivity index (χ1) is 16.3. The fourth-order valence-electron chi connectivity index (χ4n) is 4.86. The molecule has 2 aromatic carbocycles. The van der Waals surface area contributed by atoms with Gasteiger partial charge in [0.25, 0.3) is 0 Å². The maximum absolute atomic E-state index is 13.5. The zero-order chi connectivity index (χ0) is 24.2. The highest BCUT2D eigenvalue weighted by Gasteiger charge is 2.41. The molecule has 180 valence electrons. The van der Waals surface area contributed by atoms with Crippen LogP contribution in [0.1, 0.15) is 54.9 Å². The molecular weight excluding hydrogens is 430 g/mol. The molecule has 2 aliphatic rings. The van der Waals surface area contributed by atoms with Gasteiger partial charge in [0, 0.05) is 19.3 Å². The van der Waals surface area contributed by atoms with E-state index in [1.807, 2.05) is 56.3 Å². The lowest BCUT2D eigenvalue weighted by Gasteiger charge is -2.29. The number of primary amides is 1. The largest absolute Gasteiger partial charge is 0.372 e. The molecule has 3 amide bonds. The molecule has 7 heteroatoms. The molecule has 0 radical (unpaired) electrons. The number of amides is 3. The van der Waals surface area contributed by atoms with Gasteiger partial charge in [0.2, 0.25) is 17.7 Å². The Hall–Kier alpha value is -3.19. The lowest BCUT2D eigenvalue weighted by molar-refractivity contribution is -0.128. The number of nitrogens with zero attached hydrogens (tertiary/aromatic N) is 1. The highest BCUT2D eigenvalue weighted by Crippen LogP contribution is 2.39. The maximum atomic E-state index is 13.5. The van der Waals surface area contributed by atoms with E-state index in [1.54, 1.807) is 4.90 Å². The summed E-state index contributed by atoms with van der Waals surface area (Å²) in [6.45, 7) is 4.31. The summed E-state index contributed by atoms with van der Waals surface area (Å²) in [5, 5.41) is 3.08. The van der Waals surface area contributed by atoms with Crippen LogP contribution in [0.2, 0.25) is 0 Å². The first kappa shape index (κ1) is 24.0. The molecule has 0 unspecified atom stereocenters. The summed E-state index contributed by atoms with van der Waals surface area (Å²) < 4.78 is 6.06. The van der Waals surface area contributed by atoms with Crippen molar-refractivity contribution in [3.05, 3.63) is 64.7 Å². The number of aryl methyl sites for hydroxylation is 2. The lowest BCUT2D eigenvalue weighted by Crippen LogP contribution is -2.53. The van der Waals surface area contributed by atoms with E-state index in [-0.39, 0.29) is 24.3 Å². The monoisotopic (exact) mass is 463 g/mol. The van der Waals surface area contributed by atoms with Gasteiger partial charge in [0.05, 0.1) is 24.4 Å². The van der Waals surface area contributed by atoms with Crippen LogP contribution in [0.4, 0.5) is 5.69 Å². The van der Waals surface area contributed by atoms with Gasteiger partial charge in [-0.25, -0.2) is 0 Å². The van der Waals surface area contributed by atoms with Gasteiger partial charge in [0.1, 0.15) is 6.04 Å². The van der Waals surface area contributed by atoms with Crippen LogP contribution in [0, 0.1) is 6.92 Å². The number of nitrogens with one attached hydrogen (secondary N) is 1. The second-order valence-corrected chi connectivity index (χ2v) is 9.38. The number of anilines is 1. The van der Waals surface area contributed by atoms with Gasteiger partial charge in [-0.2, -0.15) is 0 Å². The Bertz CT molecular complexity index is 1070. The van der Waals surface area contributed by atoms with Crippen molar-refractivity contribution in [1.82, 2.24) is 5.32 Å². The summed E-state index contributed by atoms with van der Waals surface area (Å²) in [5.74, 6) is -0.663. The van der Waals surface area contributed by atoms with E-state index in [2.05, 4.69) is 5.32 Å². The Morgan fingerprint density at radius 3 is 2.62 bits per heavy atom. The van der Waals surface area contributed by atoms with Crippen LogP contribution < -0.4 is 16.0 Å². The second kappa shape index (κ2) is 10.4. The molecule has 3 N–H and O–H groups in total. The van der Waals surface area contributed by atoms with Crippen molar-refractivity contribution in [3.63, 3.8) is 0 Å². The summed E-state index contributed by atoms with van der Waals surface area (Å²) in [6.07, 6.45) is 2.70. The highest BCUT2D eigenvalue weighted by molar-refractivity contribution is 6.04. The van der Waals surface area contributed by atoms with Crippen LogP contribution in [0.25, 0.3) is 0 Å². The molecule has 0 saturated heterocycles. The molecule has 0 fully saturated rings. The number of ether oxygens (including phenoxy) is 1. The van der Waals surface area contributed by atoms with Crippen molar-refractivity contribution in [1.29, 1.82) is 0 Å². The van der Waals surface area contributed by atoms with Crippen molar-refractivity contribution < 1.29 is 19.1 Å². The molecule has 0 aromatic heterocycles. The summed E-state index contributed by atoms with van der Waals surface area (Å²) in [5.41, 5.74) is 10.7. The van der Waals surface area contributed by atoms with Gasteiger partial charge in [-0.3, -0.25) is 19.3 Å². The van der Waals surface area contributed by atoms with E-state index in [0.29, 0.717) is 25.9 Å². The number of benzene rings is 2. The van der Waals surface area contributed by atoms with E-state index < -0.39 is 18.0 Å². The fraction of sp³-hybridized carbons (Fsp3) is 0.444. The van der Waals surface area contributed by atoms with Crippen molar-refractivity contribution >= 4 is 23.4 Å². The third-order valence-corrected chi connectivity index (χ3v) is 6.81. The Morgan fingerprint density at radius 2 is 1.88 bits per heavy atom. The van der Waals surface area contributed by atoms with Crippen molar-refractivity contribution in [3.8, 4) is 0 Å². The summed E-state index contributed by atoms with van der Waals surface area (Å²) in [7, 11) is 0. The Balaban J connectivity index is 1.47. The van der Waals surface area contributed by atoms with Crippen LogP contribution in [0.3, 0.4) is 0 Å². The van der Waals surface area contributed by atoms with Crippen LogP contribution in [-0.4, -0.2) is 35.9 Å². The average Bonchev–Trinajstić information content (AvgIpc) is 3.13. The summed E-state index contributed by atoms with van der Waals surface area (Å²) >= 11 is 0. The third kappa shape index (κ3) is 5.30. The average molecular weight is 464 g/mol. The number of para-hydroxylation sites is 1. The second-order valence-electron chi connectivity index (χ2n) is 9.38. The zero-order valence-corrected chi connectivity index (χ0v) is 19.9. The lowest BCUT2D eigenvalue weighted by atomic mass is 10.0. The Kier molecular flexibility index (Phi) is 7.32. The minimum Gasteiger partial charge on any atom is -0.372 e. The first-order valence-electron chi connectivity index (χ1n) is 12.0. The molecule has 34 heavy (non-hydrogen) atoms. The van der Waals surface area contributed by atoms with E-state index in [4.69, 9.17) is 10.5 Å². The number of carbonyl (C=O) groups is 3. The van der Waals surface area contributed by atoms with Gasteiger partial charge in [-0.05, 0) is 49.8 Å². The van der Waals surface area contributed by atoms with E-state index in [1.165, 1.54) is 5.56 Å². The van der Waals surface area contributed by atoms with Gasteiger partial charge >= 0.3 is 0 Å². The van der Waals surface area contributed by atoms with E-state index in [9.17, 15) is 14.4 Å². The molecule has 2 aliphatic heterocycles. The summed E-state index contributed by atoms with van der Waals surface area (Å²) in [6, 6.07) is 13.1. The Morgan fingerprint density at radius 1 is 1.15 bits per heavy atom. The smallest absolute Gasteiger partial charge is 0.243 e. The van der Waals surface area contributed by atoms with Crippen molar-refractivity contribution in [2.75, 3.05) is 4.90 Å². The molecular formula is C27H33N3O4. The minimum absolute atomic E-state index is 0.0128. The fourth-order valence-corrected chi connectivity index (χ4v) is 4.86.